The molecule has 0 aliphatic rings. The van der Waals surface area contributed by atoms with Crippen molar-refractivity contribution in [1.82, 2.24) is 4.98 Å². The summed E-state index contributed by atoms with van der Waals surface area (Å²) in [6, 6.07) is 17.2. The molecule has 84 valence electrons. The Balaban J connectivity index is 1.98. The summed E-state index contributed by atoms with van der Waals surface area (Å²) in [5.41, 5.74) is 1.77. The summed E-state index contributed by atoms with van der Waals surface area (Å²) < 4.78 is 0. The standard InChI is InChI=1S/C14H12N2O/c17-13-8-4-3-7-12(13)16-14-9-10-5-1-2-6-11(10)15-14/h1-9,15-17H. The van der Waals surface area contributed by atoms with E-state index in [0.717, 1.165) is 16.7 Å². The summed E-state index contributed by atoms with van der Waals surface area (Å²) in [6.07, 6.45) is 0. The third kappa shape index (κ3) is 1.83. The van der Waals surface area contributed by atoms with Gasteiger partial charge in [0.15, 0.2) is 0 Å². The van der Waals surface area contributed by atoms with Gasteiger partial charge in [-0.1, -0.05) is 30.3 Å². The van der Waals surface area contributed by atoms with E-state index in [1.165, 1.54) is 0 Å². The number of hydrogen-bond acceptors (Lipinski definition) is 2. The number of aromatic nitrogens is 1. The van der Waals surface area contributed by atoms with Crippen LogP contribution >= 0.6 is 0 Å². The van der Waals surface area contributed by atoms with E-state index in [4.69, 9.17) is 0 Å². The lowest BCUT2D eigenvalue weighted by Gasteiger charge is -2.05. The highest BCUT2D eigenvalue weighted by Crippen LogP contribution is 2.27. The van der Waals surface area contributed by atoms with Crippen molar-refractivity contribution in [3.63, 3.8) is 0 Å². The van der Waals surface area contributed by atoms with Crippen molar-refractivity contribution in [2.24, 2.45) is 0 Å². The zero-order valence-corrected chi connectivity index (χ0v) is 9.14. The van der Waals surface area contributed by atoms with Crippen molar-refractivity contribution in [3.05, 3.63) is 54.6 Å². The van der Waals surface area contributed by atoms with Crippen LogP contribution in [0.1, 0.15) is 0 Å². The van der Waals surface area contributed by atoms with Crippen LogP contribution in [-0.4, -0.2) is 10.1 Å². The van der Waals surface area contributed by atoms with E-state index in [9.17, 15) is 5.11 Å². The summed E-state index contributed by atoms with van der Waals surface area (Å²) in [5, 5.41) is 14.0. The van der Waals surface area contributed by atoms with E-state index < -0.39 is 0 Å². The molecule has 3 heteroatoms. The molecule has 0 aliphatic carbocycles. The lowest BCUT2D eigenvalue weighted by Crippen LogP contribution is -1.89. The lowest BCUT2D eigenvalue weighted by molar-refractivity contribution is 0.477. The summed E-state index contributed by atoms with van der Waals surface area (Å²) in [7, 11) is 0. The van der Waals surface area contributed by atoms with Gasteiger partial charge in [0, 0.05) is 10.9 Å². The minimum absolute atomic E-state index is 0.242. The quantitative estimate of drug-likeness (QED) is 0.582. The molecule has 0 unspecified atom stereocenters. The molecular weight excluding hydrogens is 212 g/mol. The summed E-state index contributed by atoms with van der Waals surface area (Å²) in [4.78, 5) is 3.25. The average molecular weight is 224 g/mol. The number of hydrogen-bond donors (Lipinski definition) is 3. The van der Waals surface area contributed by atoms with E-state index in [1.54, 1.807) is 12.1 Å². The molecule has 3 aromatic rings. The second kappa shape index (κ2) is 3.87. The van der Waals surface area contributed by atoms with Crippen molar-refractivity contribution in [2.45, 2.75) is 0 Å². The van der Waals surface area contributed by atoms with E-state index in [-0.39, 0.29) is 5.75 Å². The van der Waals surface area contributed by atoms with Crippen molar-refractivity contribution < 1.29 is 5.11 Å². The summed E-state index contributed by atoms with van der Waals surface area (Å²) in [6.45, 7) is 0. The highest BCUT2D eigenvalue weighted by atomic mass is 16.3. The number of rotatable bonds is 2. The number of anilines is 2. The van der Waals surface area contributed by atoms with Crippen LogP contribution in [0.3, 0.4) is 0 Å². The van der Waals surface area contributed by atoms with E-state index in [2.05, 4.69) is 10.3 Å². The van der Waals surface area contributed by atoms with Gasteiger partial charge >= 0.3 is 0 Å². The Labute approximate surface area is 98.7 Å². The first-order valence-electron chi connectivity index (χ1n) is 5.46. The second-order valence-electron chi connectivity index (χ2n) is 3.91. The smallest absolute Gasteiger partial charge is 0.139 e. The molecule has 1 heterocycles. The van der Waals surface area contributed by atoms with Gasteiger partial charge in [-0.3, -0.25) is 0 Å². The highest BCUT2D eigenvalue weighted by molar-refractivity contribution is 5.85. The van der Waals surface area contributed by atoms with Crippen LogP contribution in [0.2, 0.25) is 0 Å². The van der Waals surface area contributed by atoms with Gasteiger partial charge in [0.2, 0.25) is 0 Å². The fraction of sp³-hybridized carbons (Fsp3) is 0. The number of para-hydroxylation sites is 3. The van der Waals surface area contributed by atoms with Crippen LogP contribution in [0, 0.1) is 0 Å². The van der Waals surface area contributed by atoms with Crippen molar-refractivity contribution in [1.29, 1.82) is 0 Å². The SMILES string of the molecule is Oc1ccccc1Nc1cc2ccccc2[nH]1. The first-order chi connectivity index (χ1) is 8.33. The van der Waals surface area contributed by atoms with E-state index in [1.807, 2.05) is 42.5 Å². The van der Waals surface area contributed by atoms with Gasteiger partial charge in [-0.15, -0.1) is 0 Å². The average Bonchev–Trinajstić information content (AvgIpc) is 2.74. The van der Waals surface area contributed by atoms with Gasteiger partial charge in [0.1, 0.15) is 11.6 Å². The number of phenols is 1. The lowest BCUT2D eigenvalue weighted by atomic mass is 10.2. The maximum atomic E-state index is 9.67. The Kier molecular flexibility index (Phi) is 2.22. The Morgan fingerprint density at radius 1 is 0.941 bits per heavy atom. The third-order valence-electron chi connectivity index (χ3n) is 2.70. The molecule has 3 nitrogen and oxygen atoms in total. The third-order valence-corrected chi connectivity index (χ3v) is 2.70. The van der Waals surface area contributed by atoms with Gasteiger partial charge in [-0.25, -0.2) is 0 Å². The largest absolute Gasteiger partial charge is 0.506 e. The number of phenolic OH excluding ortho intramolecular Hbond substituents is 1. The number of H-pyrrole nitrogens is 1. The molecule has 3 rings (SSSR count). The molecule has 0 fully saturated rings. The van der Waals surface area contributed by atoms with Gasteiger partial charge < -0.3 is 15.4 Å². The van der Waals surface area contributed by atoms with Gasteiger partial charge in [-0.2, -0.15) is 0 Å². The normalized spacial score (nSPS) is 10.6. The van der Waals surface area contributed by atoms with Gasteiger partial charge in [0.05, 0.1) is 5.69 Å². The molecule has 0 aliphatic heterocycles. The van der Waals surface area contributed by atoms with Gasteiger partial charge in [-0.05, 0) is 24.3 Å². The van der Waals surface area contributed by atoms with Crippen LogP contribution in [0.4, 0.5) is 11.5 Å². The molecule has 3 N–H and O–H groups in total. The molecule has 0 bridgehead atoms. The van der Waals surface area contributed by atoms with Crippen molar-refractivity contribution in [2.75, 3.05) is 5.32 Å². The Morgan fingerprint density at radius 3 is 2.53 bits per heavy atom. The highest BCUT2D eigenvalue weighted by Gasteiger charge is 2.02. The fourth-order valence-electron chi connectivity index (χ4n) is 1.87. The first-order valence-corrected chi connectivity index (χ1v) is 5.46. The number of aromatic amines is 1. The minimum atomic E-state index is 0.242. The molecule has 0 spiro atoms. The monoisotopic (exact) mass is 224 g/mol. The van der Waals surface area contributed by atoms with Crippen LogP contribution < -0.4 is 5.32 Å². The number of nitrogens with one attached hydrogen (secondary N) is 2. The maximum Gasteiger partial charge on any atom is 0.139 e. The Morgan fingerprint density at radius 2 is 1.71 bits per heavy atom. The molecule has 17 heavy (non-hydrogen) atoms. The van der Waals surface area contributed by atoms with Crippen LogP contribution in [-0.2, 0) is 0 Å². The van der Waals surface area contributed by atoms with Gasteiger partial charge in [0.25, 0.3) is 0 Å². The summed E-state index contributed by atoms with van der Waals surface area (Å²) >= 11 is 0. The number of fused-ring (bicyclic) bond motifs is 1. The van der Waals surface area contributed by atoms with Crippen LogP contribution in [0.15, 0.2) is 54.6 Å². The molecule has 0 radical (unpaired) electrons. The topological polar surface area (TPSA) is 48.0 Å². The number of aromatic hydroxyl groups is 1. The maximum absolute atomic E-state index is 9.67. The zero-order chi connectivity index (χ0) is 11.7. The minimum Gasteiger partial charge on any atom is -0.506 e. The molecule has 1 aromatic heterocycles. The predicted octanol–water partition coefficient (Wildman–Crippen LogP) is 3.62. The Hall–Kier alpha value is -2.42. The molecular formula is C14H12N2O. The van der Waals surface area contributed by atoms with Crippen LogP contribution in [0.5, 0.6) is 5.75 Å². The molecule has 0 amide bonds. The molecule has 2 aromatic carbocycles. The summed E-state index contributed by atoms with van der Waals surface area (Å²) in [5.74, 6) is 1.11. The van der Waals surface area contributed by atoms with E-state index >= 15 is 0 Å². The molecule has 0 atom stereocenters. The zero-order valence-electron chi connectivity index (χ0n) is 9.14. The van der Waals surface area contributed by atoms with Crippen molar-refractivity contribution in [3.8, 4) is 5.75 Å². The molecule has 0 saturated heterocycles. The number of benzene rings is 2. The molecule has 0 saturated carbocycles. The van der Waals surface area contributed by atoms with Crippen LogP contribution in [0.25, 0.3) is 10.9 Å². The van der Waals surface area contributed by atoms with E-state index in [0.29, 0.717) is 5.69 Å². The fourth-order valence-corrected chi connectivity index (χ4v) is 1.87. The Bertz CT molecular complexity index is 625. The second-order valence-corrected chi connectivity index (χ2v) is 3.91. The first kappa shape index (κ1) is 9.78. The predicted molar refractivity (Wildman–Crippen MR) is 69.7 cm³/mol. The van der Waals surface area contributed by atoms with Crippen molar-refractivity contribution >= 4 is 22.4 Å².